The van der Waals surface area contributed by atoms with Crippen LogP contribution >= 0.6 is 22.3 Å². The highest BCUT2D eigenvalue weighted by molar-refractivity contribution is 8.13. The van der Waals surface area contributed by atoms with E-state index in [0.717, 1.165) is 5.56 Å². The Balaban J connectivity index is 3.60. The van der Waals surface area contributed by atoms with Crippen LogP contribution in [0.2, 0.25) is 5.02 Å². The summed E-state index contributed by atoms with van der Waals surface area (Å²) in [6, 6.07) is 3.29. The van der Waals surface area contributed by atoms with Gasteiger partial charge in [-0.3, -0.25) is 0 Å². The average molecular weight is 295 g/mol. The fraction of sp³-hybridized carbons (Fsp3) is 0.500. The molecule has 0 fully saturated rings. The molecule has 0 atom stereocenters. The van der Waals surface area contributed by atoms with E-state index in [1.54, 1.807) is 12.1 Å². The van der Waals surface area contributed by atoms with Crippen LogP contribution < -0.4 is 0 Å². The summed E-state index contributed by atoms with van der Waals surface area (Å²) in [6.07, 6.45) is 0. The molecule has 0 aliphatic heterocycles. The molecule has 0 aliphatic carbocycles. The maximum absolute atomic E-state index is 11.6. The van der Waals surface area contributed by atoms with Gasteiger partial charge in [0, 0.05) is 15.7 Å². The van der Waals surface area contributed by atoms with Gasteiger partial charge in [0.1, 0.15) is 0 Å². The van der Waals surface area contributed by atoms with Crippen LogP contribution in [0.1, 0.15) is 50.7 Å². The molecule has 0 radical (unpaired) electrons. The Morgan fingerprint density at radius 1 is 1.00 bits per heavy atom. The molecule has 0 spiro atoms. The molecule has 0 bridgehead atoms. The Bertz CT molecular complexity index is 520. The summed E-state index contributed by atoms with van der Waals surface area (Å²) < 4.78 is 23.1. The van der Waals surface area contributed by atoms with Crippen LogP contribution in [-0.2, 0) is 9.05 Å². The summed E-state index contributed by atoms with van der Waals surface area (Å²) in [6.45, 7) is 7.74. The summed E-state index contributed by atoms with van der Waals surface area (Å²) in [4.78, 5) is 0.169. The second kappa shape index (κ2) is 5.17. The topological polar surface area (TPSA) is 34.1 Å². The van der Waals surface area contributed by atoms with E-state index < -0.39 is 9.05 Å². The Labute approximate surface area is 112 Å². The molecule has 0 aliphatic rings. The Kier molecular flexibility index (Phi) is 4.50. The molecule has 0 heterocycles. The molecular formula is C12H16Cl2O2S. The summed E-state index contributed by atoms with van der Waals surface area (Å²) in [5.74, 6) is 0.207. The van der Waals surface area contributed by atoms with Crippen LogP contribution in [0.4, 0.5) is 0 Å². The molecule has 2 nitrogen and oxygen atoms in total. The largest absolute Gasteiger partial charge is 0.261 e. The lowest BCUT2D eigenvalue weighted by molar-refractivity contribution is 0.607. The fourth-order valence-electron chi connectivity index (χ4n) is 1.69. The van der Waals surface area contributed by atoms with E-state index in [1.807, 2.05) is 27.7 Å². The van der Waals surface area contributed by atoms with Gasteiger partial charge in [0.15, 0.2) is 0 Å². The SMILES string of the molecule is CC(C)c1cc(S(=O)(=O)Cl)c(C(C)C)cc1Cl. The summed E-state index contributed by atoms with van der Waals surface area (Å²) >= 11 is 6.15. The molecule has 0 amide bonds. The van der Waals surface area contributed by atoms with Gasteiger partial charge < -0.3 is 0 Å². The lowest BCUT2D eigenvalue weighted by atomic mass is 9.97. The van der Waals surface area contributed by atoms with Crippen LogP contribution in [0, 0.1) is 0 Å². The highest BCUT2D eigenvalue weighted by Gasteiger charge is 2.21. The fourth-order valence-corrected chi connectivity index (χ4v) is 3.32. The number of hydrogen-bond acceptors (Lipinski definition) is 2. The minimum Gasteiger partial charge on any atom is -0.207 e. The van der Waals surface area contributed by atoms with Gasteiger partial charge in [-0.25, -0.2) is 8.42 Å². The van der Waals surface area contributed by atoms with Crippen molar-refractivity contribution < 1.29 is 8.42 Å². The third-order valence-corrected chi connectivity index (χ3v) is 4.34. The van der Waals surface area contributed by atoms with Gasteiger partial charge in [-0.05, 0) is 35.1 Å². The van der Waals surface area contributed by atoms with Crippen molar-refractivity contribution in [2.45, 2.75) is 44.4 Å². The van der Waals surface area contributed by atoms with Gasteiger partial charge >= 0.3 is 0 Å². The monoisotopic (exact) mass is 294 g/mol. The first-order chi connectivity index (χ1) is 7.64. The molecule has 0 saturated carbocycles. The van der Waals surface area contributed by atoms with Crippen molar-refractivity contribution >= 4 is 31.3 Å². The third kappa shape index (κ3) is 3.36. The normalized spacial score (nSPS) is 12.5. The first kappa shape index (κ1) is 14.8. The summed E-state index contributed by atoms with van der Waals surface area (Å²) in [5.41, 5.74) is 1.46. The highest BCUT2D eigenvalue weighted by atomic mass is 35.7. The van der Waals surface area contributed by atoms with E-state index in [4.69, 9.17) is 22.3 Å². The first-order valence-corrected chi connectivity index (χ1v) is 8.11. The second-order valence-electron chi connectivity index (χ2n) is 4.66. The van der Waals surface area contributed by atoms with Gasteiger partial charge in [0.05, 0.1) is 4.90 Å². The van der Waals surface area contributed by atoms with Crippen LogP contribution in [-0.4, -0.2) is 8.42 Å². The van der Waals surface area contributed by atoms with Crippen LogP contribution in [0.3, 0.4) is 0 Å². The lowest BCUT2D eigenvalue weighted by Crippen LogP contribution is -2.03. The van der Waals surface area contributed by atoms with Crippen molar-refractivity contribution in [3.8, 4) is 0 Å². The molecular weight excluding hydrogens is 279 g/mol. The number of hydrogen-bond donors (Lipinski definition) is 0. The molecule has 5 heteroatoms. The van der Waals surface area contributed by atoms with E-state index >= 15 is 0 Å². The molecule has 0 aromatic heterocycles. The van der Waals surface area contributed by atoms with Crippen molar-refractivity contribution in [2.75, 3.05) is 0 Å². The zero-order valence-electron chi connectivity index (χ0n) is 10.3. The first-order valence-electron chi connectivity index (χ1n) is 5.42. The van der Waals surface area contributed by atoms with Crippen molar-refractivity contribution in [1.29, 1.82) is 0 Å². The van der Waals surface area contributed by atoms with Gasteiger partial charge in [0.25, 0.3) is 9.05 Å². The standard InChI is InChI=1S/C12H16Cl2O2S/c1-7(2)9-6-12(17(14,15)16)10(8(3)4)5-11(9)13/h5-8H,1-4H3. The minimum atomic E-state index is -3.74. The van der Waals surface area contributed by atoms with Crippen molar-refractivity contribution in [1.82, 2.24) is 0 Å². The molecule has 0 saturated heterocycles. The molecule has 1 aromatic rings. The average Bonchev–Trinajstić information content (AvgIpc) is 2.14. The molecule has 1 rings (SSSR count). The van der Waals surface area contributed by atoms with E-state index in [2.05, 4.69) is 0 Å². The van der Waals surface area contributed by atoms with Gasteiger partial charge in [-0.1, -0.05) is 39.3 Å². The van der Waals surface area contributed by atoms with Crippen molar-refractivity contribution in [3.05, 3.63) is 28.3 Å². The summed E-state index contributed by atoms with van der Waals surface area (Å²) in [5, 5.41) is 0.591. The smallest absolute Gasteiger partial charge is 0.207 e. The van der Waals surface area contributed by atoms with E-state index in [-0.39, 0.29) is 16.7 Å². The van der Waals surface area contributed by atoms with Crippen molar-refractivity contribution in [3.63, 3.8) is 0 Å². The molecule has 0 N–H and O–H groups in total. The molecule has 1 aromatic carbocycles. The second-order valence-corrected chi connectivity index (χ2v) is 7.60. The van der Waals surface area contributed by atoms with E-state index in [0.29, 0.717) is 10.6 Å². The molecule has 0 unspecified atom stereocenters. The lowest BCUT2D eigenvalue weighted by Gasteiger charge is -2.16. The third-order valence-electron chi connectivity index (χ3n) is 2.64. The predicted molar refractivity (Wildman–Crippen MR) is 72.7 cm³/mol. The van der Waals surface area contributed by atoms with Gasteiger partial charge in [-0.15, -0.1) is 0 Å². The zero-order valence-corrected chi connectivity index (χ0v) is 12.6. The number of benzene rings is 1. The number of rotatable bonds is 3. The van der Waals surface area contributed by atoms with Crippen LogP contribution in [0.15, 0.2) is 17.0 Å². The predicted octanol–water partition coefficient (Wildman–Crippen LogP) is 4.51. The maximum atomic E-state index is 11.6. The quantitative estimate of drug-likeness (QED) is 0.769. The van der Waals surface area contributed by atoms with Crippen LogP contribution in [0.25, 0.3) is 0 Å². The van der Waals surface area contributed by atoms with E-state index in [1.165, 1.54) is 0 Å². The molecule has 17 heavy (non-hydrogen) atoms. The van der Waals surface area contributed by atoms with Crippen molar-refractivity contribution in [2.24, 2.45) is 0 Å². The Morgan fingerprint density at radius 2 is 1.47 bits per heavy atom. The zero-order chi connectivity index (χ0) is 13.4. The molecule has 96 valence electrons. The van der Waals surface area contributed by atoms with E-state index in [9.17, 15) is 8.42 Å². The summed E-state index contributed by atoms with van der Waals surface area (Å²) in [7, 11) is 1.73. The van der Waals surface area contributed by atoms with Gasteiger partial charge in [0.2, 0.25) is 0 Å². The minimum absolute atomic E-state index is 0.0530. The maximum Gasteiger partial charge on any atom is 0.261 e. The van der Waals surface area contributed by atoms with Gasteiger partial charge in [-0.2, -0.15) is 0 Å². The highest BCUT2D eigenvalue weighted by Crippen LogP contribution is 2.34. The van der Waals surface area contributed by atoms with Crippen LogP contribution in [0.5, 0.6) is 0 Å². The Morgan fingerprint density at radius 3 is 1.82 bits per heavy atom. The Hall–Kier alpha value is -0.250. The number of halogens is 2.